The first kappa shape index (κ1) is 70.9. The number of aromatic hydroxyl groups is 2. The van der Waals surface area contributed by atoms with E-state index in [0.29, 0.717) is 126 Å². The Bertz CT molecular complexity index is 3200. The van der Waals surface area contributed by atoms with Crippen LogP contribution in [-0.4, -0.2) is 217 Å². The number of hydrogen-bond donors (Lipinski definition) is 10. The van der Waals surface area contributed by atoms with Crippen LogP contribution >= 0.6 is 0 Å². The van der Waals surface area contributed by atoms with Gasteiger partial charge in [-0.1, -0.05) is 23.4 Å². The van der Waals surface area contributed by atoms with E-state index >= 15 is 0 Å². The molecule has 4 heterocycles. The minimum Gasteiger partial charge on any atom is -0.508 e. The first-order valence-electron chi connectivity index (χ1n) is 30.8. The molecule has 1 saturated heterocycles. The molecule has 0 unspecified atom stereocenters. The third-order valence-corrected chi connectivity index (χ3v) is 14.9. The highest BCUT2D eigenvalue weighted by Gasteiger charge is 2.54. The number of esters is 1. The van der Waals surface area contributed by atoms with Crippen molar-refractivity contribution in [2.75, 3.05) is 111 Å². The molecule has 3 aliphatic heterocycles. The number of hydrogen-bond acceptors (Lipinski definition) is 24. The van der Waals surface area contributed by atoms with Gasteiger partial charge in [0.1, 0.15) is 64.8 Å². The van der Waals surface area contributed by atoms with Gasteiger partial charge < -0.3 is 104 Å². The number of alkyl carbamates (subject to hydrolysis) is 1. The van der Waals surface area contributed by atoms with Gasteiger partial charge in [-0.15, -0.1) is 5.10 Å². The minimum absolute atomic E-state index is 0.0519. The maximum absolute atomic E-state index is 14.1. The summed E-state index contributed by atoms with van der Waals surface area (Å²) in [5.41, 5.74) is 1.03. The highest BCUT2D eigenvalue weighted by molar-refractivity contribution is 6.01. The number of fused-ring (bicyclic) bond motifs is 6. The lowest BCUT2D eigenvalue weighted by molar-refractivity contribution is -0.300. The molecule has 29 nitrogen and oxygen atoms in total. The van der Waals surface area contributed by atoms with Crippen LogP contribution in [0, 0.1) is 0 Å². The monoisotopic (exact) mass is 1300 g/mol. The first-order valence-corrected chi connectivity index (χ1v) is 30.8. The molecule has 0 aliphatic carbocycles. The highest BCUT2D eigenvalue weighted by atomic mass is 16.7. The van der Waals surface area contributed by atoms with Crippen LogP contribution < -0.4 is 26.0 Å². The van der Waals surface area contributed by atoms with Crippen LogP contribution in [0.4, 0.5) is 10.5 Å². The molecule has 0 bridgehead atoms. The summed E-state index contributed by atoms with van der Waals surface area (Å²) in [6.07, 6.45) is -4.23. The standard InChI is InChI=1S/C64H83N7O22/c1-63(2,3)93-62(82)66-20-23-84-25-27-86-29-31-88-33-32-87-30-28-85-26-24-83-21-18-54(75)65-19-5-4-6-50(59(80)68-42-10-7-40(8-11-42)17-22-89-61-57(78)56(77)55(76)53(39-72)91-61)71-38-43(69-70-71)37-67-58(79)41-9-14-47-46(34-41)60(81)92-64(47)48-15-12-44(73)35-51(48)90-52-36-45(74)13-16-49(52)64/h7-16,34-36,38,50,53,55-57,61,72-74,76-78H,4-6,17-33,37,39H2,1-3H3,(H,65,75)(H,66,82)(H,67,79)(H,68,80)/t50-,53+,55+,56-,57+,61+/m0/s1. The molecular weight excluding hydrogens is 1220 g/mol. The van der Waals surface area contributed by atoms with E-state index in [1.54, 1.807) is 75.5 Å². The molecule has 8 rings (SSSR count). The lowest BCUT2D eigenvalue weighted by atomic mass is 9.77. The number of nitrogens with one attached hydrogen (secondary N) is 4. The number of amides is 4. The fourth-order valence-electron chi connectivity index (χ4n) is 10.2. The number of aliphatic hydroxyl groups is 4. The predicted octanol–water partition coefficient (Wildman–Crippen LogP) is 3.03. The number of benzene rings is 4. The number of carbonyl (C=O) groups is 5. The van der Waals surface area contributed by atoms with Gasteiger partial charge in [0.25, 0.3) is 5.91 Å². The predicted molar refractivity (Wildman–Crippen MR) is 327 cm³/mol. The fraction of sp³-hybridized carbons (Fsp3) is 0.516. The number of anilines is 1. The number of aliphatic hydroxyl groups excluding tert-OH is 4. The average molecular weight is 1300 g/mol. The van der Waals surface area contributed by atoms with Gasteiger partial charge in [-0.25, -0.2) is 14.3 Å². The van der Waals surface area contributed by atoms with E-state index in [0.717, 1.165) is 5.56 Å². The topological polar surface area (TPSA) is 387 Å². The molecule has 93 heavy (non-hydrogen) atoms. The summed E-state index contributed by atoms with van der Waals surface area (Å²) in [6, 6.07) is 19.4. The van der Waals surface area contributed by atoms with Crippen LogP contribution in [-0.2, 0) is 75.5 Å². The van der Waals surface area contributed by atoms with Crippen molar-refractivity contribution < 1.29 is 107 Å². The zero-order valence-electron chi connectivity index (χ0n) is 52.2. The SMILES string of the molecule is CC(C)(C)OC(=O)NCCOCCOCCOCCOCCOCCOCCC(=O)NCCCC[C@@H](C(=O)Nc1ccc(CCO[C@@H]2O[C@H](CO)[C@@H](O)[C@H](O)[C@H]2O)cc1)n1cc(CNC(=O)c2ccc3c(c2)C(=O)OC32c3ccc(O)cc3Oc3cc(O)ccc32)nn1. The highest BCUT2D eigenvalue weighted by Crippen LogP contribution is 2.57. The summed E-state index contributed by atoms with van der Waals surface area (Å²) in [4.78, 5) is 65.9. The number of carbonyl (C=O) groups excluding carboxylic acids is 5. The van der Waals surface area contributed by atoms with Gasteiger partial charge in [-0.3, -0.25) is 14.4 Å². The second-order valence-corrected chi connectivity index (χ2v) is 22.9. The van der Waals surface area contributed by atoms with Crippen molar-refractivity contribution in [1.29, 1.82) is 0 Å². The summed E-state index contributed by atoms with van der Waals surface area (Å²) >= 11 is 0. The van der Waals surface area contributed by atoms with Gasteiger partial charge >= 0.3 is 12.1 Å². The van der Waals surface area contributed by atoms with Crippen molar-refractivity contribution in [3.05, 3.63) is 124 Å². The number of phenols is 2. The van der Waals surface area contributed by atoms with Gasteiger partial charge in [0.15, 0.2) is 11.9 Å². The van der Waals surface area contributed by atoms with Crippen molar-refractivity contribution in [3.63, 3.8) is 0 Å². The van der Waals surface area contributed by atoms with Crippen molar-refractivity contribution in [1.82, 2.24) is 30.9 Å². The zero-order valence-corrected chi connectivity index (χ0v) is 52.2. The molecule has 3 aliphatic rings. The number of nitrogens with zero attached hydrogens (tertiary/aromatic N) is 3. The Kier molecular flexibility index (Phi) is 26.6. The Balaban J connectivity index is 0.753. The molecule has 29 heteroatoms. The van der Waals surface area contributed by atoms with Gasteiger partial charge in [0, 0.05) is 59.6 Å². The van der Waals surface area contributed by atoms with E-state index in [-0.39, 0.29) is 79.2 Å². The van der Waals surface area contributed by atoms with Crippen LogP contribution in [0.1, 0.15) is 101 Å². The van der Waals surface area contributed by atoms with E-state index in [1.165, 1.54) is 35.0 Å². The second-order valence-electron chi connectivity index (χ2n) is 22.9. The van der Waals surface area contributed by atoms with Gasteiger partial charge in [-0.2, -0.15) is 0 Å². The van der Waals surface area contributed by atoms with E-state index in [1.807, 2.05) is 0 Å². The molecule has 1 aromatic heterocycles. The fourth-order valence-corrected chi connectivity index (χ4v) is 10.2. The average Bonchev–Trinajstić information content (AvgIpc) is 1.61. The van der Waals surface area contributed by atoms with Crippen LogP contribution in [0.15, 0.2) is 85.1 Å². The van der Waals surface area contributed by atoms with Crippen molar-refractivity contribution in [3.8, 4) is 23.0 Å². The summed E-state index contributed by atoms with van der Waals surface area (Å²) in [7, 11) is 0. The maximum atomic E-state index is 14.1. The largest absolute Gasteiger partial charge is 0.508 e. The quantitative estimate of drug-likeness (QED) is 0.0202. The second kappa shape index (κ2) is 34.8. The molecule has 0 radical (unpaired) electrons. The van der Waals surface area contributed by atoms with Crippen LogP contribution in [0.3, 0.4) is 0 Å². The Morgan fingerprint density at radius 2 is 1.28 bits per heavy atom. The first-order chi connectivity index (χ1) is 44.8. The lowest BCUT2D eigenvalue weighted by Crippen LogP contribution is -2.59. The normalized spacial score (nSPS) is 18.1. The summed E-state index contributed by atoms with van der Waals surface area (Å²) in [5.74, 6) is -1.66. The van der Waals surface area contributed by atoms with Crippen molar-refractivity contribution in [2.45, 2.75) is 107 Å². The number of phenolic OH excluding ortho intramolecular Hbond substituents is 2. The van der Waals surface area contributed by atoms with E-state index < -0.39 is 78.4 Å². The molecule has 506 valence electrons. The molecule has 1 fully saturated rings. The number of ether oxygens (including phenoxy) is 11. The summed E-state index contributed by atoms with van der Waals surface area (Å²) in [6.45, 7) is 9.64. The van der Waals surface area contributed by atoms with E-state index in [2.05, 4.69) is 31.6 Å². The Morgan fingerprint density at radius 3 is 1.89 bits per heavy atom. The molecule has 10 N–H and O–H groups in total. The third-order valence-electron chi connectivity index (χ3n) is 14.9. The Hall–Kier alpha value is -7.91. The molecule has 0 saturated carbocycles. The molecular formula is C64H83N7O22. The maximum Gasteiger partial charge on any atom is 0.407 e. The molecule has 1 spiro atoms. The number of aromatic nitrogens is 3. The number of unbranched alkanes of at least 4 members (excludes halogenated alkanes) is 1. The van der Waals surface area contributed by atoms with Crippen LogP contribution in [0.2, 0.25) is 0 Å². The lowest BCUT2D eigenvalue weighted by Gasteiger charge is -2.39. The van der Waals surface area contributed by atoms with E-state index in [9.17, 15) is 54.6 Å². The minimum atomic E-state index is -1.57. The molecule has 4 aromatic carbocycles. The Labute approximate surface area is 536 Å². The van der Waals surface area contributed by atoms with Crippen LogP contribution in [0.5, 0.6) is 23.0 Å². The van der Waals surface area contributed by atoms with E-state index in [4.69, 9.17) is 52.1 Å². The summed E-state index contributed by atoms with van der Waals surface area (Å²) in [5, 5.41) is 80.4. The van der Waals surface area contributed by atoms with Gasteiger partial charge in [-0.05, 0) is 101 Å². The zero-order chi connectivity index (χ0) is 66.3. The summed E-state index contributed by atoms with van der Waals surface area (Å²) < 4.78 is 62.8. The smallest absolute Gasteiger partial charge is 0.407 e. The Morgan fingerprint density at radius 1 is 0.677 bits per heavy atom. The molecule has 4 amide bonds. The number of rotatable bonds is 37. The van der Waals surface area contributed by atoms with Crippen LogP contribution in [0.25, 0.3) is 0 Å². The van der Waals surface area contributed by atoms with Gasteiger partial charge in [0.2, 0.25) is 11.8 Å². The third kappa shape index (κ3) is 20.3. The molecule has 5 aromatic rings. The molecule has 6 atom stereocenters. The van der Waals surface area contributed by atoms with Gasteiger partial charge in [0.05, 0.1) is 111 Å². The van der Waals surface area contributed by atoms with Crippen molar-refractivity contribution in [2.24, 2.45) is 0 Å². The van der Waals surface area contributed by atoms with Crippen molar-refractivity contribution >= 4 is 35.5 Å².